The summed E-state index contributed by atoms with van der Waals surface area (Å²) in [4.78, 5) is 12.3. The lowest BCUT2D eigenvalue weighted by atomic mass is 10.1. The summed E-state index contributed by atoms with van der Waals surface area (Å²) in [6.07, 6.45) is 0. The first kappa shape index (κ1) is 15.7. The number of amides is 1. The van der Waals surface area contributed by atoms with Crippen molar-refractivity contribution in [1.29, 1.82) is 0 Å². The molecule has 0 saturated carbocycles. The lowest BCUT2D eigenvalue weighted by Crippen LogP contribution is -2.19. The maximum Gasteiger partial charge on any atom is 0.275 e. The van der Waals surface area contributed by atoms with Gasteiger partial charge < -0.3 is 5.11 Å². The molecule has 3 rings (SSSR count). The maximum absolute atomic E-state index is 13.7. The molecule has 2 N–H and O–H groups in total. The van der Waals surface area contributed by atoms with Crippen LogP contribution in [0.1, 0.15) is 22.8 Å². The molecular formula is C19H15FN2O2. The third-order valence-electron chi connectivity index (χ3n) is 3.70. The second kappa shape index (κ2) is 6.50. The van der Waals surface area contributed by atoms with Gasteiger partial charge in [0.05, 0.1) is 11.3 Å². The van der Waals surface area contributed by atoms with Crippen LogP contribution in [0.3, 0.4) is 0 Å². The first-order chi connectivity index (χ1) is 11.6. The van der Waals surface area contributed by atoms with Crippen LogP contribution in [0.25, 0.3) is 10.8 Å². The number of fused-ring (bicyclic) bond motifs is 1. The van der Waals surface area contributed by atoms with E-state index < -0.39 is 11.7 Å². The Morgan fingerprint density at radius 3 is 2.33 bits per heavy atom. The van der Waals surface area contributed by atoms with Gasteiger partial charge in [-0.15, -0.1) is 0 Å². The Kier molecular flexibility index (Phi) is 4.24. The van der Waals surface area contributed by atoms with Crippen LogP contribution >= 0.6 is 0 Å². The van der Waals surface area contributed by atoms with E-state index in [1.807, 2.05) is 24.3 Å². The van der Waals surface area contributed by atoms with Crippen molar-refractivity contribution in [2.45, 2.75) is 6.92 Å². The Morgan fingerprint density at radius 1 is 1.00 bits per heavy atom. The van der Waals surface area contributed by atoms with E-state index in [0.29, 0.717) is 11.3 Å². The molecule has 0 fully saturated rings. The van der Waals surface area contributed by atoms with Gasteiger partial charge >= 0.3 is 0 Å². The highest BCUT2D eigenvalue weighted by Crippen LogP contribution is 2.24. The third kappa shape index (κ3) is 3.10. The summed E-state index contributed by atoms with van der Waals surface area (Å²) in [6.45, 7) is 1.60. The summed E-state index contributed by atoms with van der Waals surface area (Å²) in [5, 5.41) is 15.6. The van der Waals surface area contributed by atoms with Crippen LogP contribution in [-0.4, -0.2) is 16.7 Å². The standard InChI is InChI=1S/C19H15FN2O2/c1-12(15-8-4-5-9-17(15)20)21-22-19(24)16-10-13-6-2-3-7-14(13)11-18(16)23/h2-11,23H,1H3,(H,22,24)/b21-12-. The van der Waals surface area contributed by atoms with Crippen LogP contribution in [0.4, 0.5) is 4.39 Å². The van der Waals surface area contributed by atoms with Crippen molar-refractivity contribution >= 4 is 22.4 Å². The molecular weight excluding hydrogens is 307 g/mol. The van der Waals surface area contributed by atoms with Gasteiger partial charge in [0.15, 0.2) is 0 Å². The van der Waals surface area contributed by atoms with Crippen molar-refractivity contribution in [2.24, 2.45) is 5.10 Å². The van der Waals surface area contributed by atoms with E-state index in [-0.39, 0.29) is 11.3 Å². The first-order valence-corrected chi connectivity index (χ1v) is 7.37. The molecule has 0 heterocycles. The predicted octanol–water partition coefficient (Wildman–Crippen LogP) is 3.84. The van der Waals surface area contributed by atoms with Crippen molar-refractivity contribution in [2.75, 3.05) is 0 Å². The van der Waals surface area contributed by atoms with Gasteiger partial charge in [0.25, 0.3) is 5.91 Å². The molecule has 0 bridgehead atoms. The molecule has 0 atom stereocenters. The van der Waals surface area contributed by atoms with Crippen molar-refractivity contribution in [3.63, 3.8) is 0 Å². The number of hydrazone groups is 1. The van der Waals surface area contributed by atoms with Crippen molar-refractivity contribution in [3.05, 3.63) is 77.6 Å². The lowest BCUT2D eigenvalue weighted by molar-refractivity contribution is 0.0952. The number of hydrogen-bond donors (Lipinski definition) is 2. The van der Waals surface area contributed by atoms with Gasteiger partial charge in [-0.1, -0.05) is 42.5 Å². The monoisotopic (exact) mass is 322 g/mol. The zero-order chi connectivity index (χ0) is 17.1. The highest BCUT2D eigenvalue weighted by Gasteiger charge is 2.12. The minimum atomic E-state index is -0.561. The third-order valence-corrected chi connectivity index (χ3v) is 3.70. The normalized spacial score (nSPS) is 11.5. The fourth-order valence-corrected chi connectivity index (χ4v) is 2.42. The highest BCUT2D eigenvalue weighted by atomic mass is 19.1. The minimum absolute atomic E-state index is 0.110. The number of phenolic OH excluding ortho intramolecular Hbond substituents is 1. The molecule has 1 amide bonds. The number of carbonyl (C=O) groups excluding carboxylic acids is 1. The van der Waals surface area contributed by atoms with E-state index in [1.165, 1.54) is 12.1 Å². The number of benzene rings is 3. The smallest absolute Gasteiger partial charge is 0.275 e. The largest absolute Gasteiger partial charge is 0.507 e. The summed E-state index contributed by atoms with van der Waals surface area (Å²) in [5.41, 5.74) is 3.10. The van der Waals surface area contributed by atoms with Crippen molar-refractivity contribution in [3.8, 4) is 5.75 Å². The van der Waals surface area contributed by atoms with Gasteiger partial charge in [-0.05, 0) is 35.9 Å². The van der Waals surface area contributed by atoms with E-state index in [9.17, 15) is 14.3 Å². The molecule has 5 heteroatoms. The first-order valence-electron chi connectivity index (χ1n) is 7.37. The summed E-state index contributed by atoms with van der Waals surface area (Å²) < 4.78 is 13.7. The molecule has 0 aromatic heterocycles. The summed E-state index contributed by atoms with van der Waals surface area (Å²) in [6, 6.07) is 16.7. The van der Waals surface area contributed by atoms with E-state index in [1.54, 1.807) is 31.2 Å². The topological polar surface area (TPSA) is 61.7 Å². The molecule has 0 aliphatic rings. The second-order valence-electron chi connectivity index (χ2n) is 5.33. The van der Waals surface area contributed by atoms with E-state index in [2.05, 4.69) is 10.5 Å². The molecule has 0 saturated heterocycles. The Balaban J connectivity index is 1.86. The Hall–Kier alpha value is -3.21. The zero-order valence-electron chi connectivity index (χ0n) is 13.0. The number of aromatic hydroxyl groups is 1. The number of phenols is 1. The number of rotatable bonds is 3. The Labute approximate surface area is 138 Å². The zero-order valence-corrected chi connectivity index (χ0v) is 13.0. The lowest BCUT2D eigenvalue weighted by Gasteiger charge is -2.07. The van der Waals surface area contributed by atoms with E-state index in [4.69, 9.17) is 0 Å². The summed E-state index contributed by atoms with van der Waals surface area (Å²) in [5.74, 6) is -1.11. The fourth-order valence-electron chi connectivity index (χ4n) is 2.42. The van der Waals surface area contributed by atoms with Gasteiger partial charge in [0.2, 0.25) is 0 Å². The number of carbonyl (C=O) groups is 1. The number of nitrogens with one attached hydrogen (secondary N) is 1. The van der Waals surface area contributed by atoms with Crippen LogP contribution in [0, 0.1) is 5.82 Å². The quantitative estimate of drug-likeness (QED) is 0.568. The maximum atomic E-state index is 13.7. The van der Waals surface area contributed by atoms with Crippen LogP contribution in [0.5, 0.6) is 5.75 Å². The number of halogens is 1. The van der Waals surface area contributed by atoms with Gasteiger partial charge in [-0.2, -0.15) is 5.10 Å². The molecule has 0 aliphatic heterocycles. The predicted molar refractivity (Wildman–Crippen MR) is 91.7 cm³/mol. The van der Waals surface area contributed by atoms with Gasteiger partial charge in [-0.25, -0.2) is 9.82 Å². The second-order valence-corrected chi connectivity index (χ2v) is 5.33. The van der Waals surface area contributed by atoms with Gasteiger partial charge in [0, 0.05) is 5.56 Å². The molecule has 4 nitrogen and oxygen atoms in total. The number of hydrogen-bond acceptors (Lipinski definition) is 3. The molecule has 3 aromatic carbocycles. The van der Waals surface area contributed by atoms with Crippen LogP contribution in [0.15, 0.2) is 65.8 Å². The molecule has 0 unspecified atom stereocenters. The highest BCUT2D eigenvalue weighted by molar-refractivity contribution is 6.03. The van der Waals surface area contributed by atoms with E-state index >= 15 is 0 Å². The molecule has 3 aromatic rings. The molecule has 0 spiro atoms. The average Bonchev–Trinajstić information content (AvgIpc) is 2.59. The van der Waals surface area contributed by atoms with Gasteiger partial charge in [0.1, 0.15) is 11.6 Å². The fraction of sp³-hybridized carbons (Fsp3) is 0.0526. The minimum Gasteiger partial charge on any atom is -0.507 e. The van der Waals surface area contributed by atoms with Crippen molar-refractivity contribution < 1.29 is 14.3 Å². The van der Waals surface area contributed by atoms with Gasteiger partial charge in [-0.3, -0.25) is 4.79 Å². The molecule has 0 radical (unpaired) electrons. The molecule has 0 aliphatic carbocycles. The van der Waals surface area contributed by atoms with Crippen molar-refractivity contribution in [1.82, 2.24) is 5.43 Å². The number of nitrogens with zero attached hydrogens (tertiary/aromatic N) is 1. The Morgan fingerprint density at radius 2 is 1.62 bits per heavy atom. The summed E-state index contributed by atoms with van der Waals surface area (Å²) in [7, 11) is 0. The molecule has 24 heavy (non-hydrogen) atoms. The van der Waals surface area contributed by atoms with E-state index in [0.717, 1.165) is 10.8 Å². The van der Waals surface area contributed by atoms with Crippen LogP contribution < -0.4 is 5.43 Å². The Bertz CT molecular complexity index is 951. The molecule has 120 valence electrons. The van der Waals surface area contributed by atoms with Crippen LogP contribution in [-0.2, 0) is 0 Å². The average molecular weight is 322 g/mol. The van der Waals surface area contributed by atoms with Crippen LogP contribution in [0.2, 0.25) is 0 Å². The SMILES string of the molecule is C/C(=N/NC(=O)c1cc2ccccc2cc1O)c1ccccc1F. The summed E-state index contributed by atoms with van der Waals surface area (Å²) >= 11 is 0.